The van der Waals surface area contributed by atoms with E-state index in [9.17, 15) is 4.79 Å². The predicted octanol–water partition coefficient (Wildman–Crippen LogP) is 3.34. The fourth-order valence-electron chi connectivity index (χ4n) is 2.09. The van der Waals surface area contributed by atoms with Crippen LogP contribution in [-0.2, 0) is 16.7 Å². The number of nitrogens with two attached hydrogens (primary N) is 1. The molecule has 0 aliphatic rings. The predicted molar refractivity (Wildman–Crippen MR) is 86.2 cm³/mol. The van der Waals surface area contributed by atoms with Crippen molar-refractivity contribution in [3.8, 4) is 0 Å². The zero-order chi connectivity index (χ0) is 16.3. The zero-order valence-electron chi connectivity index (χ0n) is 14.0. The number of ether oxygens (including phenoxy) is 1. The number of carbonyl (C=O) groups excluding carboxylic acids is 1. The van der Waals surface area contributed by atoms with Gasteiger partial charge in [-0.2, -0.15) is 0 Å². The highest BCUT2D eigenvalue weighted by Crippen LogP contribution is 2.22. The average Bonchev–Trinajstić information content (AvgIpc) is 2.24. The summed E-state index contributed by atoms with van der Waals surface area (Å²) in [6.07, 6.45) is 0.404. The molecule has 0 saturated carbocycles. The van der Waals surface area contributed by atoms with E-state index in [0.717, 1.165) is 12.0 Å². The van der Waals surface area contributed by atoms with Crippen LogP contribution in [0.25, 0.3) is 0 Å². The molecule has 1 aromatic rings. The lowest BCUT2D eigenvalue weighted by atomic mass is 9.92. The third-order valence-electron chi connectivity index (χ3n) is 3.02. The topological polar surface area (TPSA) is 64.3 Å². The first-order valence-corrected chi connectivity index (χ1v) is 7.36. The van der Waals surface area contributed by atoms with Crippen molar-refractivity contribution in [1.82, 2.24) is 5.32 Å². The van der Waals surface area contributed by atoms with Crippen LogP contribution < -0.4 is 11.1 Å². The maximum Gasteiger partial charge on any atom is 0.408 e. The summed E-state index contributed by atoms with van der Waals surface area (Å²) in [5.74, 6) is 0. The lowest BCUT2D eigenvalue weighted by molar-refractivity contribution is 0.0470. The second-order valence-electron chi connectivity index (χ2n) is 7.13. The van der Waals surface area contributed by atoms with Gasteiger partial charge in [-0.25, -0.2) is 4.79 Å². The Morgan fingerprint density at radius 2 is 1.90 bits per heavy atom. The summed E-state index contributed by atoms with van der Waals surface area (Å²) < 4.78 is 5.32. The third kappa shape index (κ3) is 6.17. The van der Waals surface area contributed by atoms with Crippen LogP contribution >= 0.6 is 0 Å². The normalized spacial score (nSPS) is 13.7. The van der Waals surface area contributed by atoms with Gasteiger partial charge >= 0.3 is 6.09 Å². The molecule has 1 aromatic carbocycles. The van der Waals surface area contributed by atoms with E-state index in [4.69, 9.17) is 10.5 Å². The van der Waals surface area contributed by atoms with Gasteiger partial charge in [-0.05, 0) is 59.1 Å². The maximum atomic E-state index is 12.0. The Kier molecular flexibility index (Phi) is 5.40. The van der Waals surface area contributed by atoms with Crippen LogP contribution in [0.15, 0.2) is 24.3 Å². The van der Waals surface area contributed by atoms with Crippen molar-refractivity contribution in [1.29, 1.82) is 0 Å². The molecule has 0 aromatic heterocycles. The van der Waals surface area contributed by atoms with Gasteiger partial charge in [0.2, 0.25) is 0 Å². The molecule has 118 valence electrons. The van der Waals surface area contributed by atoms with Gasteiger partial charge in [0.1, 0.15) is 5.60 Å². The van der Waals surface area contributed by atoms with E-state index in [2.05, 4.69) is 17.4 Å². The first kappa shape index (κ1) is 17.5. The molecule has 0 heterocycles. The number of benzene rings is 1. The molecule has 0 radical (unpaired) electrons. The Bertz CT molecular complexity index is 488. The molecular weight excluding hydrogens is 264 g/mol. The quantitative estimate of drug-likeness (QED) is 0.894. The Labute approximate surface area is 128 Å². The van der Waals surface area contributed by atoms with Gasteiger partial charge in [0.15, 0.2) is 0 Å². The summed E-state index contributed by atoms with van der Waals surface area (Å²) in [6, 6.07) is 8.24. The lowest BCUT2D eigenvalue weighted by Gasteiger charge is -2.29. The van der Waals surface area contributed by atoms with E-state index < -0.39 is 17.2 Å². The molecule has 0 saturated heterocycles. The van der Waals surface area contributed by atoms with E-state index >= 15 is 0 Å². The number of alkyl carbamates (subject to hydrolysis) is 1. The molecule has 0 bridgehead atoms. The summed E-state index contributed by atoms with van der Waals surface area (Å²) in [4.78, 5) is 12.0. The minimum absolute atomic E-state index is 0.113. The van der Waals surface area contributed by atoms with Gasteiger partial charge in [-0.1, -0.05) is 24.3 Å². The molecule has 1 rings (SSSR count). The SMILES string of the molecule is CC(N)Cc1cccc(C(C)(C)NC(=O)OC(C)(C)C)c1. The van der Waals surface area contributed by atoms with E-state index in [-0.39, 0.29) is 6.04 Å². The van der Waals surface area contributed by atoms with Crippen LogP contribution in [-0.4, -0.2) is 17.7 Å². The van der Waals surface area contributed by atoms with Crippen molar-refractivity contribution in [3.63, 3.8) is 0 Å². The van der Waals surface area contributed by atoms with E-state index in [1.165, 1.54) is 5.56 Å². The average molecular weight is 292 g/mol. The van der Waals surface area contributed by atoms with Crippen LogP contribution in [0.2, 0.25) is 0 Å². The summed E-state index contributed by atoms with van der Waals surface area (Å²) in [5, 5.41) is 2.92. The van der Waals surface area contributed by atoms with Gasteiger partial charge in [0.25, 0.3) is 0 Å². The van der Waals surface area contributed by atoms with Crippen molar-refractivity contribution < 1.29 is 9.53 Å². The van der Waals surface area contributed by atoms with Gasteiger partial charge in [0.05, 0.1) is 5.54 Å². The van der Waals surface area contributed by atoms with Crippen molar-refractivity contribution in [3.05, 3.63) is 35.4 Å². The molecular formula is C17H28N2O2. The molecule has 1 amide bonds. The molecule has 3 N–H and O–H groups in total. The highest BCUT2D eigenvalue weighted by atomic mass is 16.6. The molecule has 4 heteroatoms. The van der Waals surface area contributed by atoms with Gasteiger partial charge < -0.3 is 15.8 Å². The van der Waals surface area contributed by atoms with Crippen LogP contribution in [0.4, 0.5) is 4.79 Å². The molecule has 1 unspecified atom stereocenters. The van der Waals surface area contributed by atoms with Gasteiger partial charge in [-0.3, -0.25) is 0 Å². The number of carbonyl (C=O) groups is 1. The van der Waals surface area contributed by atoms with E-state index in [0.29, 0.717) is 0 Å². The number of hydrogen-bond acceptors (Lipinski definition) is 3. The minimum atomic E-state index is -0.504. The molecule has 21 heavy (non-hydrogen) atoms. The Morgan fingerprint density at radius 1 is 1.29 bits per heavy atom. The Hall–Kier alpha value is -1.55. The lowest BCUT2D eigenvalue weighted by Crippen LogP contribution is -2.43. The first-order valence-electron chi connectivity index (χ1n) is 7.36. The molecule has 1 atom stereocenters. The summed E-state index contributed by atoms with van der Waals surface area (Å²) in [7, 11) is 0. The minimum Gasteiger partial charge on any atom is -0.444 e. The van der Waals surface area contributed by atoms with Crippen LogP contribution in [0, 0.1) is 0 Å². The highest BCUT2D eigenvalue weighted by molar-refractivity contribution is 5.69. The number of rotatable bonds is 4. The maximum absolute atomic E-state index is 12.0. The van der Waals surface area contributed by atoms with Crippen LogP contribution in [0.3, 0.4) is 0 Å². The van der Waals surface area contributed by atoms with E-state index in [1.807, 2.05) is 53.7 Å². The van der Waals surface area contributed by atoms with Crippen molar-refractivity contribution in [2.75, 3.05) is 0 Å². The Morgan fingerprint density at radius 3 is 2.43 bits per heavy atom. The second-order valence-corrected chi connectivity index (χ2v) is 7.13. The molecule has 0 aliphatic carbocycles. The zero-order valence-corrected chi connectivity index (χ0v) is 14.0. The van der Waals surface area contributed by atoms with Gasteiger partial charge in [-0.15, -0.1) is 0 Å². The first-order chi connectivity index (χ1) is 9.49. The van der Waals surface area contributed by atoms with Gasteiger partial charge in [0, 0.05) is 6.04 Å². The molecule has 0 aliphatic heterocycles. The number of nitrogens with one attached hydrogen (secondary N) is 1. The highest BCUT2D eigenvalue weighted by Gasteiger charge is 2.26. The second kappa shape index (κ2) is 6.48. The third-order valence-corrected chi connectivity index (χ3v) is 3.02. The standard InChI is InChI=1S/C17H28N2O2/c1-12(18)10-13-8-7-9-14(11-13)17(5,6)19-15(20)21-16(2,3)4/h7-9,11-12H,10,18H2,1-6H3,(H,19,20). The Balaban J connectivity index is 2.84. The largest absolute Gasteiger partial charge is 0.444 e. The fourth-order valence-corrected chi connectivity index (χ4v) is 2.09. The van der Waals surface area contributed by atoms with Crippen molar-refractivity contribution in [2.45, 2.75) is 65.1 Å². The monoisotopic (exact) mass is 292 g/mol. The molecule has 4 nitrogen and oxygen atoms in total. The van der Waals surface area contributed by atoms with Crippen LogP contribution in [0.5, 0.6) is 0 Å². The summed E-state index contributed by atoms with van der Waals surface area (Å²) >= 11 is 0. The molecule has 0 spiro atoms. The van der Waals surface area contributed by atoms with Crippen LogP contribution in [0.1, 0.15) is 52.7 Å². The fraction of sp³-hybridized carbons (Fsp3) is 0.588. The summed E-state index contributed by atoms with van der Waals surface area (Å²) in [6.45, 7) is 11.5. The van der Waals surface area contributed by atoms with Crippen molar-refractivity contribution in [2.24, 2.45) is 5.73 Å². The number of amides is 1. The number of hydrogen-bond donors (Lipinski definition) is 2. The molecule has 0 fully saturated rings. The smallest absolute Gasteiger partial charge is 0.408 e. The van der Waals surface area contributed by atoms with Crippen molar-refractivity contribution >= 4 is 6.09 Å². The van der Waals surface area contributed by atoms with E-state index in [1.54, 1.807) is 0 Å². The summed E-state index contributed by atoms with van der Waals surface area (Å²) in [5.41, 5.74) is 7.04.